The van der Waals surface area contributed by atoms with E-state index in [0.717, 1.165) is 5.75 Å². The maximum absolute atomic E-state index is 13.2. The number of aromatic nitrogens is 3. The molecule has 0 spiro atoms. The lowest BCUT2D eigenvalue weighted by Gasteiger charge is -2.21. The highest BCUT2D eigenvalue weighted by atomic mass is 32.2. The molecule has 2 aromatic carbocycles. The van der Waals surface area contributed by atoms with Gasteiger partial charge in [-0.1, -0.05) is 48.5 Å². The van der Waals surface area contributed by atoms with Crippen LogP contribution in [0, 0.1) is 0 Å². The van der Waals surface area contributed by atoms with Crippen LogP contribution in [-0.2, 0) is 5.75 Å². The van der Waals surface area contributed by atoms with Crippen molar-refractivity contribution in [2.24, 2.45) is 0 Å². The third-order valence-electron chi connectivity index (χ3n) is 4.88. The third kappa shape index (κ3) is 4.80. The topological polar surface area (TPSA) is 88.6 Å². The molecule has 0 fully saturated rings. The summed E-state index contributed by atoms with van der Waals surface area (Å²) in [5.41, 5.74) is 2.05. The van der Waals surface area contributed by atoms with Crippen LogP contribution in [0.4, 0.5) is 4.79 Å². The molecule has 4 rings (SSSR count). The molecule has 7 nitrogen and oxygen atoms in total. The number of nitrogens with one attached hydrogen (secondary N) is 1. The molecular formula is C23H22N4O3S. The largest absolute Gasteiger partial charge is 0.465 e. The Hall–Kier alpha value is -3.52. The summed E-state index contributed by atoms with van der Waals surface area (Å²) in [5.74, 6) is 1.90. The van der Waals surface area contributed by atoms with Crippen LogP contribution in [0.3, 0.4) is 0 Å². The van der Waals surface area contributed by atoms with Gasteiger partial charge in [0, 0.05) is 11.9 Å². The maximum atomic E-state index is 13.2. The number of carbonyl (C=O) groups is 1. The predicted molar refractivity (Wildman–Crippen MR) is 122 cm³/mol. The zero-order valence-corrected chi connectivity index (χ0v) is 17.5. The summed E-state index contributed by atoms with van der Waals surface area (Å²) in [6.45, 7) is 0. The predicted octanol–water partition coefficient (Wildman–Crippen LogP) is 4.12. The first-order valence-corrected chi connectivity index (χ1v) is 11.1. The third-order valence-corrected chi connectivity index (χ3v) is 5.94. The van der Waals surface area contributed by atoms with E-state index in [4.69, 9.17) is 0 Å². The SMILES string of the molecule is O=C(O)NC(CCSCc1ccccc1)c1nn2cccc2c(=O)n1-c1ccccc1. The Balaban J connectivity index is 1.66. The number of hydrogen-bond donors (Lipinski definition) is 2. The second-order valence-electron chi connectivity index (χ2n) is 7.00. The normalized spacial score (nSPS) is 12.0. The van der Waals surface area contributed by atoms with Gasteiger partial charge in [-0.25, -0.2) is 9.31 Å². The fourth-order valence-electron chi connectivity index (χ4n) is 3.43. The lowest BCUT2D eigenvalue weighted by atomic mass is 10.2. The number of amides is 1. The minimum absolute atomic E-state index is 0.240. The van der Waals surface area contributed by atoms with Crippen LogP contribution in [0.15, 0.2) is 83.8 Å². The molecule has 0 aliphatic carbocycles. The van der Waals surface area contributed by atoms with Crippen LogP contribution in [-0.4, -0.2) is 31.1 Å². The van der Waals surface area contributed by atoms with Crippen molar-refractivity contribution >= 4 is 23.4 Å². The summed E-state index contributed by atoms with van der Waals surface area (Å²) >= 11 is 1.71. The second-order valence-corrected chi connectivity index (χ2v) is 8.11. The van der Waals surface area contributed by atoms with E-state index in [2.05, 4.69) is 22.5 Å². The molecule has 1 unspecified atom stereocenters. The van der Waals surface area contributed by atoms with Gasteiger partial charge in [0.2, 0.25) is 0 Å². The van der Waals surface area contributed by atoms with Crippen molar-refractivity contribution in [1.82, 2.24) is 19.5 Å². The second kappa shape index (κ2) is 9.53. The molecule has 2 heterocycles. The molecule has 1 atom stereocenters. The van der Waals surface area contributed by atoms with Gasteiger partial charge in [0.05, 0.1) is 11.7 Å². The van der Waals surface area contributed by atoms with Gasteiger partial charge in [-0.3, -0.25) is 9.36 Å². The van der Waals surface area contributed by atoms with E-state index in [1.54, 1.807) is 30.1 Å². The smallest absolute Gasteiger partial charge is 0.405 e. The van der Waals surface area contributed by atoms with Gasteiger partial charge in [0.1, 0.15) is 5.52 Å². The van der Waals surface area contributed by atoms with Crippen molar-refractivity contribution in [2.45, 2.75) is 18.2 Å². The number of thioether (sulfide) groups is 1. The molecule has 0 saturated heterocycles. The lowest BCUT2D eigenvalue weighted by molar-refractivity contribution is 0.188. The Morgan fingerprint density at radius 2 is 1.74 bits per heavy atom. The molecule has 31 heavy (non-hydrogen) atoms. The van der Waals surface area contributed by atoms with Gasteiger partial charge in [-0.2, -0.15) is 16.9 Å². The standard InChI is InChI=1S/C23H22N4O3S/c28-22-20-12-7-14-26(20)25-21(27(22)18-10-5-2-6-11-18)19(24-23(29)30)13-15-31-16-17-8-3-1-4-9-17/h1-12,14,19,24H,13,15-16H2,(H,29,30). The molecular weight excluding hydrogens is 412 g/mol. The number of carboxylic acid groups (broad SMARTS) is 1. The fraction of sp³-hybridized carbons (Fsp3) is 0.174. The van der Waals surface area contributed by atoms with Gasteiger partial charge in [-0.05, 0) is 42.0 Å². The van der Waals surface area contributed by atoms with Crippen molar-refractivity contribution in [2.75, 3.05) is 5.75 Å². The first-order valence-electron chi connectivity index (χ1n) is 9.90. The highest BCUT2D eigenvalue weighted by Gasteiger charge is 2.23. The zero-order valence-electron chi connectivity index (χ0n) is 16.7. The molecule has 2 N–H and O–H groups in total. The van der Waals surface area contributed by atoms with E-state index in [0.29, 0.717) is 29.2 Å². The molecule has 8 heteroatoms. The van der Waals surface area contributed by atoms with E-state index < -0.39 is 12.1 Å². The Morgan fingerprint density at radius 1 is 1.03 bits per heavy atom. The number of hydrogen-bond acceptors (Lipinski definition) is 4. The number of nitrogens with zero attached hydrogens (tertiary/aromatic N) is 3. The van der Waals surface area contributed by atoms with Gasteiger partial charge in [-0.15, -0.1) is 0 Å². The van der Waals surface area contributed by atoms with E-state index in [1.165, 1.54) is 14.6 Å². The summed E-state index contributed by atoms with van der Waals surface area (Å²) in [7, 11) is 0. The lowest BCUT2D eigenvalue weighted by Crippen LogP contribution is -2.35. The minimum Gasteiger partial charge on any atom is -0.465 e. The van der Waals surface area contributed by atoms with E-state index in [-0.39, 0.29) is 5.56 Å². The Kier molecular flexibility index (Phi) is 6.37. The van der Waals surface area contributed by atoms with Gasteiger partial charge >= 0.3 is 6.09 Å². The van der Waals surface area contributed by atoms with Crippen molar-refractivity contribution < 1.29 is 9.90 Å². The molecule has 2 aromatic heterocycles. The van der Waals surface area contributed by atoms with Crippen molar-refractivity contribution in [3.05, 3.63) is 101 Å². The van der Waals surface area contributed by atoms with E-state index in [1.807, 2.05) is 48.5 Å². The number of para-hydroxylation sites is 1. The Morgan fingerprint density at radius 3 is 2.45 bits per heavy atom. The molecule has 1 amide bonds. The quantitative estimate of drug-likeness (QED) is 0.407. The molecule has 0 saturated carbocycles. The van der Waals surface area contributed by atoms with Crippen LogP contribution in [0.1, 0.15) is 23.9 Å². The van der Waals surface area contributed by atoms with Crippen LogP contribution < -0.4 is 10.9 Å². The van der Waals surface area contributed by atoms with Gasteiger partial charge in [0.15, 0.2) is 5.82 Å². The summed E-state index contributed by atoms with van der Waals surface area (Å²) in [6, 6.07) is 22.1. The molecule has 0 aliphatic rings. The Labute approximate surface area is 183 Å². The van der Waals surface area contributed by atoms with Crippen LogP contribution in [0.5, 0.6) is 0 Å². The van der Waals surface area contributed by atoms with E-state index in [9.17, 15) is 14.7 Å². The monoisotopic (exact) mass is 434 g/mol. The molecule has 4 aromatic rings. The number of benzene rings is 2. The van der Waals surface area contributed by atoms with E-state index >= 15 is 0 Å². The van der Waals surface area contributed by atoms with Crippen molar-refractivity contribution in [3.63, 3.8) is 0 Å². The minimum atomic E-state index is -1.15. The summed E-state index contributed by atoms with van der Waals surface area (Å²) in [6.07, 6.45) is 1.03. The summed E-state index contributed by atoms with van der Waals surface area (Å²) < 4.78 is 3.00. The first-order chi connectivity index (χ1) is 15.1. The van der Waals surface area contributed by atoms with Crippen molar-refractivity contribution in [3.8, 4) is 5.69 Å². The average Bonchev–Trinajstić information content (AvgIpc) is 3.26. The zero-order chi connectivity index (χ0) is 21.6. The van der Waals surface area contributed by atoms with Crippen LogP contribution >= 0.6 is 11.8 Å². The summed E-state index contributed by atoms with van der Waals surface area (Å²) in [4.78, 5) is 24.8. The average molecular weight is 435 g/mol. The van der Waals surface area contributed by atoms with Crippen molar-refractivity contribution in [1.29, 1.82) is 0 Å². The highest BCUT2D eigenvalue weighted by Crippen LogP contribution is 2.22. The summed E-state index contributed by atoms with van der Waals surface area (Å²) in [5, 5.41) is 16.6. The molecule has 0 radical (unpaired) electrons. The van der Waals surface area contributed by atoms with Crippen LogP contribution in [0.25, 0.3) is 11.2 Å². The number of rotatable bonds is 8. The molecule has 0 aliphatic heterocycles. The molecule has 0 bridgehead atoms. The molecule has 158 valence electrons. The first kappa shape index (κ1) is 20.7. The van der Waals surface area contributed by atoms with Gasteiger partial charge in [0.25, 0.3) is 5.56 Å². The Bertz CT molecular complexity index is 1220. The van der Waals surface area contributed by atoms with Crippen LogP contribution in [0.2, 0.25) is 0 Å². The maximum Gasteiger partial charge on any atom is 0.405 e. The number of fused-ring (bicyclic) bond motifs is 1. The van der Waals surface area contributed by atoms with Gasteiger partial charge < -0.3 is 10.4 Å². The fourth-order valence-corrected chi connectivity index (χ4v) is 4.41. The highest BCUT2D eigenvalue weighted by molar-refractivity contribution is 7.98.